The maximum absolute atomic E-state index is 4.57. The fourth-order valence-corrected chi connectivity index (χ4v) is 8.96. The molecule has 52 heavy (non-hydrogen) atoms. The molecular formula is C47H31N5. The summed E-state index contributed by atoms with van der Waals surface area (Å²) in [5, 5.41) is 2.25. The molecule has 0 amide bonds. The highest BCUT2D eigenvalue weighted by atomic mass is 15.2. The summed E-state index contributed by atoms with van der Waals surface area (Å²) in [6.45, 7) is 0. The van der Waals surface area contributed by atoms with E-state index in [2.05, 4.69) is 182 Å². The molecule has 0 saturated carbocycles. The van der Waals surface area contributed by atoms with Gasteiger partial charge < -0.3 is 14.4 Å². The minimum Gasteiger partial charge on any atom is -0.310 e. The van der Waals surface area contributed by atoms with Crippen molar-refractivity contribution < 1.29 is 0 Å². The second-order valence-corrected chi connectivity index (χ2v) is 13.5. The zero-order valence-corrected chi connectivity index (χ0v) is 28.1. The lowest BCUT2D eigenvalue weighted by Crippen LogP contribution is -2.41. The van der Waals surface area contributed by atoms with Crippen molar-refractivity contribution in [3.8, 4) is 5.69 Å². The maximum Gasteiger partial charge on any atom is 0.0782 e. The molecule has 3 aromatic heterocycles. The number of rotatable bonds is 3. The fraction of sp³-hybridized carbons (Fsp3) is 0.0213. The monoisotopic (exact) mass is 665 g/mol. The lowest BCUT2D eigenvalue weighted by molar-refractivity contribution is 0.719. The number of nitrogens with zero attached hydrogens (tertiary/aromatic N) is 5. The molecule has 1 spiro atoms. The molecule has 5 heterocycles. The summed E-state index contributed by atoms with van der Waals surface area (Å²) in [7, 11) is 0. The van der Waals surface area contributed by atoms with E-state index >= 15 is 0 Å². The molecule has 9 aromatic rings. The lowest BCUT2D eigenvalue weighted by Gasteiger charge is -2.51. The van der Waals surface area contributed by atoms with Crippen LogP contribution in [0.5, 0.6) is 0 Å². The van der Waals surface area contributed by atoms with Gasteiger partial charge in [0.15, 0.2) is 0 Å². The third kappa shape index (κ3) is 3.82. The summed E-state index contributed by atoms with van der Waals surface area (Å²) in [6, 6.07) is 59.6. The number of para-hydroxylation sites is 5. The Morgan fingerprint density at radius 1 is 0.365 bits per heavy atom. The van der Waals surface area contributed by atoms with Gasteiger partial charge in [0.25, 0.3) is 0 Å². The van der Waals surface area contributed by atoms with Crippen LogP contribution in [-0.2, 0) is 5.41 Å². The average molecular weight is 666 g/mol. The number of hydrogen-bond acceptors (Lipinski definition) is 4. The van der Waals surface area contributed by atoms with Gasteiger partial charge in [0.05, 0.1) is 51.1 Å². The molecule has 0 radical (unpaired) electrons. The van der Waals surface area contributed by atoms with Gasteiger partial charge in [-0.3, -0.25) is 9.97 Å². The molecule has 6 aromatic carbocycles. The van der Waals surface area contributed by atoms with Crippen LogP contribution in [0, 0.1) is 0 Å². The quantitative estimate of drug-likeness (QED) is 0.188. The standard InChI is InChI=1S/C47H31N5/c1-2-13-32(14-3-1)50-43-20-8-4-16-37(43)47(38-17-5-9-21-44(38)50)39-18-6-10-22-45(39)51(46-23-11-7-19-40(46)47)33-24-25-41-35(29-33)36-31-49-28-26-42(36)52(41)34-15-12-27-48-30-34/h1-31H. The van der Waals surface area contributed by atoms with Gasteiger partial charge in [-0.2, -0.15) is 0 Å². The van der Waals surface area contributed by atoms with Gasteiger partial charge in [0, 0.05) is 40.7 Å². The number of benzene rings is 6. The number of aromatic nitrogens is 3. The van der Waals surface area contributed by atoms with Crippen LogP contribution in [-0.4, -0.2) is 14.5 Å². The minimum absolute atomic E-state index is 0.563. The predicted molar refractivity (Wildman–Crippen MR) is 211 cm³/mol. The Kier molecular flexibility index (Phi) is 6.10. The summed E-state index contributed by atoms with van der Waals surface area (Å²) in [6.07, 6.45) is 7.58. The molecule has 5 nitrogen and oxygen atoms in total. The van der Waals surface area contributed by atoms with Gasteiger partial charge in [0.2, 0.25) is 0 Å². The highest BCUT2D eigenvalue weighted by Crippen LogP contribution is 2.63. The Morgan fingerprint density at radius 3 is 1.44 bits per heavy atom. The molecule has 0 atom stereocenters. The van der Waals surface area contributed by atoms with Crippen molar-refractivity contribution in [2.24, 2.45) is 0 Å². The molecular weight excluding hydrogens is 635 g/mol. The van der Waals surface area contributed by atoms with E-state index in [9.17, 15) is 0 Å². The van der Waals surface area contributed by atoms with Crippen LogP contribution in [0.2, 0.25) is 0 Å². The first-order valence-electron chi connectivity index (χ1n) is 17.7. The highest BCUT2D eigenvalue weighted by Gasteiger charge is 2.51. The van der Waals surface area contributed by atoms with E-state index in [1.807, 2.05) is 30.9 Å². The third-order valence-corrected chi connectivity index (χ3v) is 10.9. The van der Waals surface area contributed by atoms with E-state index in [4.69, 9.17) is 0 Å². The SMILES string of the molecule is c1ccc(N2c3ccccc3C3(c4ccccc42)c2ccccc2N(c2ccc4c(c2)c2cnccc2n4-c2cccnc2)c2ccccc23)cc1. The van der Waals surface area contributed by atoms with Crippen LogP contribution in [0.1, 0.15) is 22.3 Å². The van der Waals surface area contributed by atoms with Crippen molar-refractivity contribution in [1.29, 1.82) is 0 Å². The second-order valence-electron chi connectivity index (χ2n) is 13.5. The topological polar surface area (TPSA) is 37.2 Å². The van der Waals surface area contributed by atoms with E-state index in [-0.39, 0.29) is 0 Å². The van der Waals surface area contributed by atoms with Gasteiger partial charge in [-0.1, -0.05) is 91.0 Å². The normalized spacial score (nSPS) is 13.8. The third-order valence-electron chi connectivity index (χ3n) is 10.9. The van der Waals surface area contributed by atoms with E-state index in [1.54, 1.807) is 0 Å². The molecule has 0 N–H and O–H groups in total. The van der Waals surface area contributed by atoms with Gasteiger partial charge in [-0.25, -0.2) is 0 Å². The molecule has 0 saturated heterocycles. The zero-order valence-electron chi connectivity index (χ0n) is 28.1. The molecule has 11 rings (SSSR count). The van der Waals surface area contributed by atoms with Crippen LogP contribution in [0.15, 0.2) is 189 Å². The van der Waals surface area contributed by atoms with Gasteiger partial charge in [-0.15, -0.1) is 0 Å². The molecule has 244 valence electrons. The van der Waals surface area contributed by atoms with Crippen molar-refractivity contribution in [1.82, 2.24) is 14.5 Å². The van der Waals surface area contributed by atoms with Gasteiger partial charge in [0.1, 0.15) is 0 Å². The molecule has 2 aliphatic rings. The summed E-state index contributed by atoms with van der Waals surface area (Å²) in [4.78, 5) is 13.9. The minimum atomic E-state index is -0.563. The van der Waals surface area contributed by atoms with E-state index in [1.165, 1.54) is 33.6 Å². The predicted octanol–water partition coefficient (Wildman–Crippen LogP) is 11.5. The zero-order chi connectivity index (χ0) is 34.2. The Balaban J connectivity index is 1.20. The Hall–Kier alpha value is -6.98. The van der Waals surface area contributed by atoms with Crippen LogP contribution in [0.4, 0.5) is 34.1 Å². The molecule has 2 aliphatic heterocycles. The van der Waals surface area contributed by atoms with Crippen LogP contribution < -0.4 is 9.80 Å². The van der Waals surface area contributed by atoms with E-state index in [0.717, 1.165) is 50.2 Å². The van der Waals surface area contributed by atoms with Crippen molar-refractivity contribution in [3.63, 3.8) is 0 Å². The first-order valence-corrected chi connectivity index (χ1v) is 17.7. The number of fused-ring (bicyclic) bond motifs is 11. The molecule has 0 bridgehead atoms. The molecule has 0 fully saturated rings. The van der Waals surface area contributed by atoms with E-state index < -0.39 is 5.41 Å². The molecule has 0 unspecified atom stereocenters. The van der Waals surface area contributed by atoms with Crippen LogP contribution in [0.25, 0.3) is 27.5 Å². The Labute approximate surface area is 301 Å². The Bertz CT molecular complexity index is 2730. The maximum atomic E-state index is 4.57. The largest absolute Gasteiger partial charge is 0.310 e. The number of hydrogen-bond donors (Lipinski definition) is 0. The summed E-state index contributed by atoms with van der Waals surface area (Å²) >= 11 is 0. The number of anilines is 6. The van der Waals surface area contributed by atoms with Crippen molar-refractivity contribution in [2.75, 3.05) is 9.80 Å². The summed E-state index contributed by atoms with van der Waals surface area (Å²) in [5.41, 5.74) is 14.6. The smallest absolute Gasteiger partial charge is 0.0782 e. The summed E-state index contributed by atoms with van der Waals surface area (Å²) in [5.74, 6) is 0. The summed E-state index contributed by atoms with van der Waals surface area (Å²) < 4.78 is 2.28. The first kappa shape index (κ1) is 28.8. The lowest BCUT2D eigenvalue weighted by atomic mass is 9.60. The molecule has 5 heteroatoms. The first-order chi connectivity index (χ1) is 25.8. The van der Waals surface area contributed by atoms with Crippen LogP contribution >= 0.6 is 0 Å². The molecule has 0 aliphatic carbocycles. The van der Waals surface area contributed by atoms with Crippen molar-refractivity contribution in [3.05, 3.63) is 211 Å². The average Bonchev–Trinajstić information content (AvgIpc) is 3.55. The van der Waals surface area contributed by atoms with Crippen molar-refractivity contribution >= 4 is 55.9 Å². The van der Waals surface area contributed by atoms with Crippen molar-refractivity contribution in [2.45, 2.75) is 5.41 Å². The number of pyridine rings is 2. The Morgan fingerprint density at radius 2 is 0.865 bits per heavy atom. The fourth-order valence-electron chi connectivity index (χ4n) is 8.96. The second kappa shape index (κ2) is 11.0. The van der Waals surface area contributed by atoms with Crippen LogP contribution in [0.3, 0.4) is 0 Å². The van der Waals surface area contributed by atoms with Gasteiger partial charge in [-0.05, 0) is 95.1 Å². The van der Waals surface area contributed by atoms with E-state index in [0.29, 0.717) is 0 Å². The van der Waals surface area contributed by atoms with Gasteiger partial charge >= 0.3 is 0 Å². The highest BCUT2D eigenvalue weighted by molar-refractivity contribution is 6.10.